The Labute approximate surface area is 241 Å². The topological polar surface area (TPSA) is 54.8 Å². The first-order valence-electron chi connectivity index (χ1n) is 14.2. The zero-order chi connectivity index (χ0) is 28.3. The van der Waals surface area contributed by atoms with Crippen LogP contribution in [-0.2, 0) is 22.6 Å². The Bertz CT molecular complexity index is 1220. The van der Waals surface area contributed by atoms with Crippen molar-refractivity contribution in [2.45, 2.75) is 64.6 Å². The van der Waals surface area contributed by atoms with Gasteiger partial charge in [-0.25, -0.2) is 4.39 Å². The van der Waals surface area contributed by atoms with E-state index in [0.717, 1.165) is 36.9 Å². The molecule has 0 unspecified atom stereocenters. The highest BCUT2D eigenvalue weighted by atomic mass is 35.5. The molecule has 0 aliphatic heterocycles. The maximum absolute atomic E-state index is 14.0. The standard InChI is InChI=1S/C32H39ClFN3O3/c1-2-40-21-7-20-36(32(39)26-13-15-27(33)16-14-26)24-31(38)37(29-8-4-3-5-9-29)23-30-10-6-19-35(30)22-25-11-17-28(34)18-12-25/h6,10-19,29H,2-5,7-9,20-24H2,1H3. The summed E-state index contributed by atoms with van der Waals surface area (Å²) in [4.78, 5) is 31.1. The summed E-state index contributed by atoms with van der Waals surface area (Å²) in [7, 11) is 0. The molecule has 3 aromatic rings. The number of hydrogen-bond acceptors (Lipinski definition) is 3. The molecule has 1 aliphatic rings. The molecule has 0 N–H and O–H groups in total. The van der Waals surface area contributed by atoms with E-state index < -0.39 is 0 Å². The first kappa shape index (κ1) is 29.8. The van der Waals surface area contributed by atoms with Crippen LogP contribution < -0.4 is 0 Å². The normalized spacial score (nSPS) is 13.8. The van der Waals surface area contributed by atoms with Gasteiger partial charge >= 0.3 is 0 Å². The van der Waals surface area contributed by atoms with Gasteiger partial charge in [0.2, 0.25) is 5.91 Å². The number of carbonyl (C=O) groups is 2. The van der Waals surface area contributed by atoms with Crippen LogP contribution in [0.15, 0.2) is 66.9 Å². The summed E-state index contributed by atoms with van der Waals surface area (Å²) >= 11 is 6.04. The van der Waals surface area contributed by atoms with E-state index in [1.165, 1.54) is 18.6 Å². The van der Waals surface area contributed by atoms with Gasteiger partial charge in [0.05, 0.1) is 6.54 Å². The smallest absolute Gasteiger partial charge is 0.254 e. The summed E-state index contributed by atoms with van der Waals surface area (Å²) in [6, 6.07) is 17.4. The average molecular weight is 568 g/mol. The zero-order valence-electron chi connectivity index (χ0n) is 23.2. The maximum Gasteiger partial charge on any atom is 0.254 e. The van der Waals surface area contributed by atoms with Gasteiger partial charge in [-0.2, -0.15) is 0 Å². The minimum absolute atomic E-state index is 0.00273. The number of rotatable bonds is 13. The molecule has 1 saturated carbocycles. The van der Waals surface area contributed by atoms with Gasteiger partial charge in [-0.1, -0.05) is 43.0 Å². The monoisotopic (exact) mass is 567 g/mol. The number of aromatic nitrogens is 1. The van der Waals surface area contributed by atoms with Crippen molar-refractivity contribution in [3.05, 3.63) is 94.5 Å². The minimum atomic E-state index is -0.260. The van der Waals surface area contributed by atoms with Crippen LogP contribution in [0.1, 0.15) is 67.1 Å². The molecule has 4 rings (SSSR count). The number of carbonyl (C=O) groups excluding carboxylic acids is 2. The molecule has 1 fully saturated rings. The highest BCUT2D eigenvalue weighted by Crippen LogP contribution is 2.25. The van der Waals surface area contributed by atoms with E-state index in [1.54, 1.807) is 41.3 Å². The van der Waals surface area contributed by atoms with Crippen LogP contribution in [0.5, 0.6) is 0 Å². The maximum atomic E-state index is 14.0. The van der Waals surface area contributed by atoms with Gasteiger partial charge in [-0.05, 0) is 80.3 Å². The Kier molecular flexibility index (Phi) is 11.2. The molecule has 1 heterocycles. The molecule has 0 spiro atoms. The van der Waals surface area contributed by atoms with E-state index in [2.05, 4.69) is 4.57 Å². The summed E-state index contributed by atoms with van der Waals surface area (Å²) in [5.41, 5.74) is 2.50. The molecule has 1 aromatic heterocycles. The molecule has 0 bridgehead atoms. The number of hydrogen-bond donors (Lipinski definition) is 0. The molecule has 2 amide bonds. The van der Waals surface area contributed by atoms with E-state index in [4.69, 9.17) is 16.3 Å². The molecule has 2 aromatic carbocycles. The van der Waals surface area contributed by atoms with E-state index in [-0.39, 0.29) is 30.2 Å². The lowest BCUT2D eigenvalue weighted by molar-refractivity contribution is -0.135. The molecular formula is C32H39ClFN3O3. The van der Waals surface area contributed by atoms with Gasteiger partial charge in [0.15, 0.2) is 0 Å². The van der Waals surface area contributed by atoms with Crippen molar-refractivity contribution >= 4 is 23.4 Å². The number of benzene rings is 2. The number of nitrogens with zero attached hydrogens (tertiary/aromatic N) is 3. The third kappa shape index (κ3) is 8.42. The van der Waals surface area contributed by atoms with Gasteiger partial charge in [-0.15, -0.1) is 0 Å². The largest absolute Gasteiger partial charge is 0.382 e. The van der Waals surface area contributed by atoms with Crippen LogP contribution in [0, 0.1) is 5.82 Å². The summed E-state index contributed by atoms with van der Waals surface area (Å²) in [6.45, 7) is 4.55. The number of amides is 2. The Morgan fingerprint density at radius 2 is 1.75 bits per heavy atom. The fourth-order valence-corrected chi connectivity index (χ4v) is 5.43. The summed E-state index contributed by atoms with van der Waals surface area (Å²) < 4.78 is 21.0. The van der Waals surface area contributed by atoms with Crippen LogP contribution in [0.2, 0.25) is 5.02 Å². The van der Waals surface area contributed by atoms with Crippen LogP contribution in [0.4, 0.5) is 4.39 Å². The Balaban J connectivity index is 1.53. The minimum Gasteiger partial charge on any atom is -0.382 e. The van der Waals surface area contributed by atoms with Crippen molar-refractivity contribution in [2.24, 2.45) is 0 Å². The molecule has 40 heavy (non-hydrogen) atoms. The van der Waals surface area contributed by atoms with Crippen LogP contribution in [0.25, 0.3) is 0 Å². The molecular weight excluding hydrogens is 529 g/mol. The van der Waals surface area contributed by atoms with E-state index >= 15 is 0 Å². The third-order valence-electron chi connectivity index (χ3n) is 7.48. The molecule has 0 saturated heterocycles. The van der Waals surface area contributed by atoms with Crippen LogP contribution in [0.3, 0.4) is 0 Å². The van der Waals surface area contributed by atoms with Crippen molar-refractivity contribution < 1.29 is 18.7 Å². The van der Waals surface area contributed by atoms with Gasteiger partial charge in [0.1, 0.15) is 12.4 Å². The second-order valence-corrected chi connectivity index (χ2v) is 10.8. The molecule has 0 radical (unpaired) electrons. The van der Waals surface area contributed by atoms with Gasteiger partial charge in [-0.3, -0.25) is 9.59 Å². The predicted molar refractivity (Wildman–Crippen MR) is 156 cm³/mol. The molecule has 8 heteroatoms. The van der Waals surface area contributed by atoms with Crippen molar-refractivity contribution in [3.63, 3.8) is 0 Å². The van der Waals surface area contributed by atoms with Gasteiger partial charge < -0.3 is 19.1 Å². The number of ether oxygens (including phenoxy) is 1. The van der Waals surface area contributed by atoms with Crippen LogP contribution >= 0.6 is 11.6 Å². The van der Waals surface area contributed by atoms with Gasteiger partial charge in [0, 0.05) is 54.8 Å². The second-order valence-electron chi connectivity index (χ2n) is 10.4. The Morgan fingerprint density at radius 1 is 1.02 bits per heavy atom. The molecule has 0 atom stereocenters. The first-order chi connectivity index (χ1) is 19.4. The van der Waals surface area contributed by atoms with Crippen molar-refractivity contribution in [3.8, 4) is 0 Å². The SMILES string of the molecule is CCOCCCN(CC(=O)N(Cc1cccn1Cc1ccc(F)cc1)C1CCCCC1)C(=O)c1ccc(Cl)cc1. The lowest BCUT2D eigenvalue weighted by atomic mass is 9.94. The molecule has 214 valence electrons. The van der Waals surface area contributed by atoms with Gasteiger partial charge in [0.25, 0.3) is 5.91 Å². The first-order valence-corrected chi connectivity index (χ1v) is 14.6. The fraction of sp³-hybridized carbons (Fsp3) is 0.438. The van der Waals surface area contributed by atoms with E-state index in [0.29, 0.717) is 49.9 Å². The Hall–Kier alpha value is -3.16. The fourth-order valence-electron chi connectivity index (χ4n) is 5.31. The summed E-state index contributed by atoms with van der Waals surface area (Å²) in [5, 5.41) is 0.558. The number of halogens is 2. The highest BCUT2D eigenvalue weighted by molar-refractivity contribution is 6.30. The molecule has 6 nitrogen and oxygen atoms in total. The Morgan fingerprint density at radius 3 is 2.45 bits per heavy atom. The zero-order valence-corrected chi connectivity index (χ0v) is 24.0. The lowest BCUT2D eigenvalue weighted by Gasteiger charge is -2.36. The quantitative estimate of drug-likeness (QED) is 0.220. The van der Waals surface area contributed by atoms with Crippen molar-refractivity contribution in [1.29, 1.82) is 0 Å². The van der Waals surface area contributed by atoms with E-state index in [1.807, 2.05) is 30.2 Å². The van der Waals surface area contributed by atoms with E-state index in [9.17, 15) is 14.0 Å². The summed E-state index contributed by atoms with van der Waals surface area (Å²) in [6.07, 6.45) is 7.91. The highest BCUT2D eigenvalue weighted by Gasteiger charge is 2.29. The summed E-state index contributed by atoms with van der Waals surface area (Å²) in [5.74, 6) is -0.505. The molecule has 1 aliphatic carbocycles. The van der Waals surface area contributed by atoms with Crippen LogP contribution in [-0.4, -0.2) is 58.5 Å². The van der Waals surface area contributed by atoms with Crippen molar-refractivity contribution in [2.75, 3.05) is 26.3 Å². The second kappa shape index (κ2) is 15.0. The average Bonchev–Trinajstić information content (AvgIpc) is 3.41. The van der Waals surface area contributed by atoms with Crippen molar-refractivity contribution in [1.82, 2.24) is 14.4 Å². The lowest BCUT2D eigenvalue weighted by Crippen LogP contribution is -2.48. The predicted octanol–water partition coefficient (Wildman–Crippen LogP) is 6.56. The third-order valence-corrected chi connectivity index (χ3v) is 7.74.